The Morgan fingerprint density at radius 2 is 1.80 bits per heavy atom. The number of ether oxygens (including phenoxy) is 1. The number of hydrogen-bond donors (Lipinski definition) is 0. The van der Waals surface area contributed by atoms with Gasteiger partial charge in [-0.3, -0.25) is 4.79 Å². The van der Waals surface area contributed by atoms with Crippen LogP contribution in [0.1, 0.15) is 15.9 Å². The van der Waals surface area contributed by atoms with Crippen molar-refractivity contribution in [3.8, 4) is 5.75 Å². The van der Waals surface area contributed by atoms with Crippen LogP contribution in [0.15, 0.2) is 42.5 Å². The summed E-state index contributed by atoms with van der Waals surface area (Å²) in [6, 6.07) is 8.74. The Balaban J connectivity index is 2.45. The van der Waals surface area contributed by atoms with Crippen molar-refractivity contribution in [3.05, 3.63) is 64.4 Å². The second kappa shape index (κ2) is 5.96. The number of benzene rings is 2. The highest BCUT2D eigenvalue weighted by Crippen LogP contribution is 2.26. The monoisotopic (exact) mass is 300 g/mol. The van der Waals surface area contributed by atoms with E-state index in [4.69, 9.17) is 11.6 Å². The molecule has 2 aromatic rings. The molecule has 0 aliphatic carbocycles. The van der Waals surface area contributed by atoms with Crippen molar-refractivity contribution in [3.63, 3.8) is 0 Å². The van der Waals surface area contributed by atoms with Crippen LogP contribution in [0.5, 0.6) is 5.75 Å². The maximum atomic E-state index is 13.2. The van der Waals surface area contributed by atoms with E-state index in [0.717, 1.165) is 12.1 Å². The third-order valence-electron chi connectivity index (χ3n) is 2.52. The average molecular weight is 301 g/mol. The highest BCUT2D eigenvalue weighted by molar-refractivity contribution is 6.35. The topological polar surface area (TPSA) is 26.3 Å². The van der Waals surface area contributed by atoms with Gasteiger partial charge in [-0.1, -0.05) is 23.7 Å². The van der Waals surface area contributed by atoms with E-state index in [1.54, 1.807) is 0 Å². The van der Waals surface area contributed by atoms with Gasteiger partial charge in [0.15, 0.2) is 5.78 Å². The fourth-order valence-corrected chi connectivity index (χ4v) is 1.87. The molecule has 0 fully saturated rings. The molecule has 0 aromatic heterocycles. The van der Waals surface area contributed by atoms with E-state index in [9.17, 15) is 18.0 Å². The molecule has 0 unspecified atom stereocenters. The van der Waals surface area contributed by atoms with E-state index >= 15 is 0 Å². The first-order valence-corrected chi connectivity index (χ1v) is 5.90. The minimum Gasteiger partial charge on any atom is -0.434 e. The van der Waals surface area contributed by atoms with Crippen LogP contribution in [-0.2, 0) is 0 Å². The first-order chi connectivity index (χ1) is 9.49. The molecular weight excluding hydrogens is 293 g/mol. The zero-order valence-corrected chi connectivity index (χ0v) is 10.7. The first kappa shape index (κ1) is 14.4. The Kier molecular flexibility index (Phi) is 4.29. The van der Waals surface area contributed by atoms with Gasteiger partial charge in [0.25, 0.3) is 0 Å². The third-order valence-corrected chi connectivity index (χ3v) is 2.85. The van der Waals surface area contributed by atoms with Crippen molar-refractivity contribution in [2.45, 2.75) is 6.61 Å². The molecule has 104 valence electrons. The van der Waals surface area contributed by atoms with Crippen LogP contribution in [0.25, 0.3) is 0 Å². The molecule has 6 heteroatoms. The normalized spacial score (nSPS) is 10.7. The van der Waals surface area contributed by atoms with Crippen LogP contribution in [0, 0.1) is 5.82 Å². The Bertz CT molecular complexity index is 644. The molecule has 2 aromatic carbocycles. The number of para-hydroxylation sites is 1. The maximum Gasteiger partial charge on any atom is 0.387 e. The quantitative estimate of drug-likeness (QED) is 0.786. The zero-order chi connectivity index (χ0) is 14.7. The molecule has 0 bridgehead atoms. The fourth-order valence-electron chi connectivity index (χ4n) is 1.67. The lowest BCUT2D eigenvalue weighted by molar-refractivity contribution is -0.0501. The molecule has 0 heterocycles. The average Bonchev–Trinajstić information content (AvgIpc) is 2.41. The predicted molar refractivity (Wildman–Crippen MR) is 67.9 cm³/mol. The van der Waals surface area contributed by atoms with Crippen LogP contribution in [0.4, 0.5) is 13.2 Å². The van der Waals surface area contributed by atoms with Gasteiger partial charge in [-0.05, 0) is 30.3 Å². The van der Waals surface area contributed by atoms with Gasteiger partial charge in [0, 0.05) is 5.56 Å². The molecule has 0 spiro atoms. The molecule has 0 amide bonds. The van der Waals surface area contributed by atoms with Crippen molar-refractivity contribution < 1.29 is 22.7 Å². The number of alkyl halides is 2. The molecular formula is C14H8ClF3O2. The summed E-state index contributed by atoms with van der Waals surface area (Å²) in [6.07, 6.45) is 0. The second-order valence-corrected chi connectivity index (χ2v) is 4.24. The second-order valence-electron chi connectivity index (χ2n) is 3.83. The van der Waals surface area contributed by atoms with Crippen LogP contribution in [-0.4, -0.2) is 12.4 Å². The number of hydrogen-bond acceptors (Lipinski definition) is 2. The van der Waals surface area contributed by atoms with E-state index in [1.165, 1.54) is 30.3 Å². The predicted octanol–water partition coefficient (Wildman–Crippen LogP) is 4.31. The first-order valence-electron chi connectivity index (χ1n) is 5.52. The Hall–Kier alpha value is -2.01. The van der Waals surface area contributed by atoms with E-state index in [-0.39, 0.29) is 21.9 Å². The van der Waals surface area contributed by atoms with E-state index in [0.29, 0.717) is 0 Å². The lowest BCUT2D eigenvalue weighted by Crippen LogP contribution is -2.09. The summed E-state index contributed by atoms with van der Waals surface area (Å²) in [6.45, 7) is -3.06. The maximum absolute atomic E-state index is 13.2. The number of rotatable bonds is 4. The lowest BCUT2D eigenvalue weighted by atomic mass is 10.0. The van der Waals surface area contributed by atoms with Gasteiger partial charge in [0.05, 0.1) is 10.6 Å². The van der Waals surface area contributed by atoms with Crippen LogP contribution in [0.3, 0.4) is 0 Å². The highest BCUT2D eigenvalue weighted by Gasteiger charge is 2.19. The molecule has 2 nitrogen and oxygen atoms in total. The van der Waals surface area contributed by atoms with Gasteiger partial charge in [-0.25, -0.2) is 4.39 Å². The van der Waals surface area contributed by atoms with E-state index in [1.807, 2.05) is 0 Å². The van der Waals surface area contributed by atoms with Crippen molar-refractivity contribution in [1.29, 1.82) is 0 Å². The number of carbonyl (C=O) groups excluding carboxylic acids is 1. The summed E-state index contributed by atoms with van der Waals surface area (Å²) >= 11 is 5.82. The van der Waals surface area contributed by atoms with Crippen LogP contribution >= 0.6 is 11.6 Å². The molecule has 0 atom stereocenters. The molecule has 0 aliphatic rings. The van der Waals surface area contributed by atoms with Gasteiger partial charge < -0.3 is 4.74 Å². The van der Waals surface area contributed by atoms with E-state index < -0.39 is 18.2 Å². The van der Waals surface area contributed by atoms with Gasteiger partial charge in [-0.15, -0.1) is 0 Å². The van der Waals surface area contributed by atoms with Crippen LogP contribution < -0.4 is 4.74 Å². The largest absolute Gasteiger partial charge is 0.434 e. The highest BCUT2D eigenvalue weighted by atomic mass is 35.5. The van der Waals surface area contributed by atoms with Crippen molar-refractivity contribution in [1.82, 2.24) is 0 Å². The smallest absolute Gasteiger partial charge is 0.387 e. The molecule has 0 saturated heterocycles. The van der Waals surface area contributed by atoms with Gasteiger partial charge in [-0.2, -0.15) is 8.78 Å². The molecule has 0 radical (unpaired) electrons. The summed E-state index contributed by atoms with van der Waals surface area (Å²) in [5, 5.41) is 0.0308. The number of halogens is 4. The summed E-state index contributed by atoms with van der Waals surface area (Å²) < 4.78 is 42.0. The Labute approximate surface area is 117 Å². The Morgan fingerprint density at radius 1 is 1.10 bits per heavy atom. The van der Waals surface area contributed by atoms with Crippen molar-refractivity contribution in [2.24, 2.45) is 0 Å². The fraction of sp³-hybridized carbons (Fsp3) is 0.0714. The molecule has 2 rings (SSSR count). The van der Waals surface area contributed by atoms with Crippen molar-refractivity contribution >= 4 is 17.4 Å². The Morgan fingerprint density at radius 3 is 2.50 bits per heavy atom. The van der Waals surface area contributed by atoms with Gasteiger partial charge in [0.1, 0.15) is 11.6 Å². The van der Waals surface area contributed by atoms with E-state index in [2.05, 4.69) is 4.74 Å². The summed E-state index contributed by atoms with van der Waals surface area (Å²) in [4.78, 5) is 12.2. The summed E-state index contributed by atoms with van der Waals surface area (Å²) in [5.74, 6) is -1.62. The van der Waals surface area contributed by atoms with Gasteiger partial charge in [0.2, 0.25) is 0 Å². The molecule has 0 N–H and O–H groups in total. The number of ketones is 1. The standard InChI is InChI=1S/C14H8ClF3O2/c15-11-6-5-8(16)7-10(11)13(19)9-3-1-2-4-12(9)20-14(17)18/h1-7,14H. The van der Waals surface area contributed by atoms with Crippen molar-refractivity contribution in [2.75, 3.05) is 0 Å². The molecule has 0 saturated carbocycles. The minimum atomic E-state index is -3.06. The number of carbonyl (C=O) groups is 1. The van der Waals surface area contributed by atoms with Crippen LogP contribution in [0.2, 0.25) is 5.02 Å². The molecule has 0 aliphatic heterocycles. The third kappa shape index (κ3) is 3.11. The summed E-state index contributed by atoms with van der Waals surface area (Å²) in [5.41, 5.74) is -0.225. The van der Waals surface area contributed by atoms with Gasteiger partial charge >= 0.3 is 6.61 Å². The minimum absolute atomic E-state index is 0.0308. The zero-order valence-electron chi connectivity index (χ0n) is 9.95. The lowest BCUT2D eigenvalue weighted by Gasteiger charge is -2.10. The SMILES string of the molecule is O=C(c1cc(F)ccc1Cl)c1ccccc1OC(F)F. The summed E-state index contributed by atoms with van der Waals surface area (Å²) in [7, 11) is 0. The molecule has 20 heavy (non-hydrogen) atoms.